The third-order valence-corrected chi connectivity index (χ3v) is 6.70. The third kappa shape index (κ3) is 4.00. The van der Waals surface area contributed by atoms with Crippen molar-refractivity contribution in [3.63, 3.8) is 0 Å². The first-order chi connectivity index (χ1) is 15.1. The molecule has 0 spiro atoms. The first-order valence-corrected chi connectivity index (χ1v) is 11.1. The summed E-state index contributed by atoms with van der Waals surface area (Å²) in [6, 6.07) is 14.2. The molecule has 3 aromatic rings. The quantitative estimate of drug-likeness (QED) is 0.695. The van der Waals surface area contributed by atoms with Crippen molar-refractivity contribution in [2.45, 2.75) is 37.8 Å². The molecule has 2 aromatic heterocycles. The Balaban J connectivity index is 1.45. The normalized spacial score (nSPS) is 21.2. The van der Waals surface area contributed by atoms with Crippen molar-refractivity contribution < 1.29 is 4.79 Å². The molecule has 160 valence electrons. The highest BCUT2D eigenvalue weighted by Crippen LogP contribution is 2.36. The van der Waals surface area contributed by atoms with E-state index >= 15 is 0 Å². The first kappa shape index (κ1) is 19.9. The molecule has 1 amide bonds. The van der Waals surface area contributed by atoms with Crippen molar-refractivity contribution in [2.75, 3.05) is 13.1 Å². The predicted molar refractivity (Wildman–Crippen MR) is 121 cm³/mol. The van der Waals surface area contributed by atoms with E-state index in [0.717, 1.165) is 47.8 Å². The van der Waals surface area contributed by atoms with Gasteiger partial charge in [-0.3, -0.25) is 14.6 Å². The highest BCUT2D eigenvalue weighted by atomic mass is 16.2. The van der Waals surface area contributed by atoms with Crippen molar-refractivity contribution in [3.05, 3.63) is 76.5 Å². The van der Waals surface area contributed by atoms with Crippen molar-refractivity contribution >= 4 is 16.7 Å². The van der Waals surface area contributed by atoms with Crippen LogP contribution in [0.15, 0.2) is 59.7 Å². The highest BCUT2D eigenvalue weighted by Gasteiger charge is 2.40. The first-order valence-electron chi connectivity index (χ1n) is 11.1. The van der Waals surface area contributed by atoms with Crippen LogP contribution < -0.4 is 10.9 Å². The fraction of sp³-hybridized carbons (Fsp3) is 0.400. The molecule has 3 heterocycles. The molecular formula is C25H28N4O2. The maximum absolute atomic E-state index is 13.8. The van der Waals surface area contributed by atoms with Crippen LogP contribution in [0, 0.1) is 5.92 Å². The molecule has 6 heteroatoms. The summed E-state index contributed by atoms with van der Waals surface area (Å²) in [7, 11) is 1.75. The van der Waals surface area contributed by atoms with Gasteiger partial charge in [0.25, 0.3) is 5.56 Å². The minimum atomic E-state index is -0.170. The number of benzene rings is 1. The fourth-order valence-electron chi connectivity index (χ4n) is 4.77. The maximum Gasteiger partial charge on any atom is 0.250 e. The van der Waals surface area contributed by atoms with Crippen molar-refractivity contribution in [1.82, 2.24) is 19.8 Å². The molecule has 6 nitrogen and oxygen atoms in total. The Hall–Kier alpha value is -2.99. The van der Waals surface area contributed by atoms with E-state index in [4.69, 9.17) is 0 Å². The van der Waals surface area contributed by atoms with Crippen LogP contribution in [0.25, 0.3) is 10.8 Å². The number of hydrogen-bond donors (Lipinski definition) is 1. The highest BCUT2D eigenvalue weighted by molar-refractivity contribution is 5.85. The second-order valence-electron chi connectivity index (χ2n) is 8.79. The lowest BCUT2D eigenvalue weighted by Gasteiger charge is -2.35. The zero-order valence-corrected chi connectivity index (χ0v) is 17.8. The van der Waals surface area contributed by atoms with Crippen LogP contribution in [0.3, 0.4) is 0 Å². The number of piperidine rings is 1. The van der Waals surface area contributed by atoms with E-state index in [0.29, 0.717) is 19.1 Å². The summed E-state index contributed by atoms with van der Waals surface area (Å²) < 4.78 is 1.57. The number of aryl methyl sites for hydroxylation is 1. The van der Waals surface area contributed by atoms with Gasteiger partial charge in [0.15, 0.2) is 0 Å². The van der Waals surface area contributed by atoms with Crippen LogP contribution in [-0.4, -0.2) is 39.5 Å². The average Bonchev–Trinajstić information content (AvgIpc) is 3.64. The van der Waals surface area contributed by atoms with Crippen LogP contribution in [0.4, 0.5) is 0 Å². The summed E-state index contributed by atoms with van der Waals surface area (Å²) in [4.78, 5) is 32.7. The van der Waals surface area contributed by atoms with Gasteiger partial charge in [-0.05, 0) is 54.8 Å². The Morgan fingerprint density at radius 1 is 1.19 bits per heavy atom. The SMILES string of the molecule is Cn1ccc([C@@H]2CCNC[C@H]2C(=O)N(Cc2nccc3ccccc23)C2CC2)cc1=O. The Morgan fingerprint density at radius 2 is 2.03 bits per heavy atom. The van der Waals surface area contributed by atoms with Gasteiger partial charge in [-0.15, -0.1) is 0 Å². The molecular weight excluding hydrogens is 388 g/mol. The van der Waals surface area contributed by atoms with Gasteiger partial charge in [-0.1, -0.05) is 24.3 Å². The summed E-state index contributed by atoms with van der Waals surface area (Å²) in [5.74, 6) is 0.0657. The lowest BCUT2D eigenvalue weighted by Crippen LogP contribution is -2.47. The molecule has 0 bridgehead atoms. The number of aromatic nitrogens is 2. The van der Waals surface area contributed by atoms with E-state index in [1.165, 1.54) is 0 Å². The largest absolute Gasteiger partial charge is 0.333 e. The van der Waals surface area contributed by atoms with E-state index in [1.807, 2.05) is 35.4 Å². The minimum Gasteiger partial charge on any atom is -0.333 e. The van der Waals surface area contributed by atoms with E-state index in [1.54, 1.807) is 23.9 Å². The third-order valence-electron chi connectivity index (χ3n) is 6.70. The molecule has 1 saturated heterocycles. The zero-order chi connectivity index (χ0) is 21.4. The van der Waals surface area contributed by atoms with Gasteiger partial charge in [-0.2, -0.15) is 0 Å². The Morgan fingerprint density at radius 3 is 2.84 bits per heavy atom. The Kier molecular flexibility index (Phi) is 5.32. The van der Waals surface area contributed by atoms with Gasteiger partial charge in [0.2, 0.25) is 5.91 Å². The molecule has 2 aliphatic rings. The van der Waals surface area contributed by atoms with Crippen molar-refractivity contribution in [3.8, 4) is 0 Å². The minimum absolute atomic E-state index is 0.0266. The summed E-state index contributed by atoms with van der Waals surface area (Å²) >= 11 is 0. The van der Waals surface area contributed by atoms with Gasteiger partial charge >= 0.3 is 0 Å². The van der Waals surface area contributed by atoms with Gasteiger partial charge in [0, 0.05) is 43.5 Å². The summed E-state index contributed by atoms with van der Waals surface area (Å²) in [6.07, 6.45) is 6.59. The van der Waals surface area contributed by atoms with Gasteiger partial charge < -0.3 is 14.8 Å². The lowest BCUT2D eigenvalue weighted by atomic mass is 9.80. The number of nitrogens with one attached hydrogen (secondary N) is 1. The number of rotatable bonds is 5. The average molecular weight is 417 g/mol. The molecule has 1 saturated carbocycles. The zero-order valence-electron chi connectivity index (χ0n) is 17.8. The molecule has 0 unspecified atom stereocenters. The number of nitrogens with zero attached hydrogens (tertiary/aromatic N) is 3. The smallest absolute Gasteiger partial charge is 0.250 e. The number of carbonyl (C=O) groups excluding carboxylic acids is 1. The molecule has 2 fully saturated rings. The van der Waals surface area contributed by atoms with Gasteiger partial charge in [0.1, 0.15) is 0 Å². The van der Waals surface area contributed by atoms with Crippen LogP contribution in [0.2, 0.25) is 0 Å². The van der Waals surface area contributed by atoms with Crippen molar-refractivity contribution in [1.29, 1.82) is 0 Å². The number of fused-ring (bicyclic) bond motifs is 1. The number of hydrogen-bond acceptors (Lipinski definition) is 4. The Bertz CT molecular complexity index is 1160. The molecule has 1 aliphatic heterocycles. The number of pyridine rings is 2. The van der Waals surface area contributed by atoms with Crippen molar-refractivity contribution in [2.24, 2.45) is 13.0 Å². The van der Waals surface area contributed by atoms with E-state index < -0.39 is 0 Å². The van der Waals surface area contributed by atoms with Gasteiger partial charge in [0.05, 0.1) is 18.2 Å². The summed E-state index contributed by atoms with van der Waals surface area (Å²) in [5.41, 5.74) is 1.90. The van der Waals surface area contributed by atoms with Crippen LogP contribution in [0.5, 0.6) is 0 Å². The predicted octanol–water partition coefficient (Wildman–Crippen LogP) is 2.82. The monoisotopic (exact) mass is 416 g/mol. The molecule has 1 N–H and O–H groups in total. The molecule has 1 aromatic carbocycles. The maximum atomic E-state index is 13.8. The van der Waals surface area contributed by atoms with E-state index in [2.05, 4.69) is 22.4 Å². The second-order valence-corrected chi connectivity index (χ2v) is 8.79. The number of amides is 1. The molecule has 5 rings (SSSR count). The Labute approximate surface area is 181 Å². The van der Waals surface area contributed by atoms with Crippen LogP contribution in [-0.2, 0) is 18.4 Å². The molecule has 0 radical (unpaired) electrons. The lowest BCUT2D eigenvalue weighted by molar-refractivity contribution is -0.138. The molecule has 1 aliphatic carbocycles. The summed E-state index contributed by atoms with van der Waals surface area (Å²) in [5, 5.41) is 5.65. The second kappa shape index (κ2) is 8.27. The van der Waals surface area contributed by atoms with Crippen LogP contribution >= 0.6 is 0 Å². The van der Waals surface area contributed by atoms with Gasteiger partial charge in [-0.25, -0.2) is 0 Å². The summed E-state index contributed by atoms with van der Waals surface area (Å²) in [6.45, 7) is 2.04. The standard InChI is InChI=1S/C25H28N4O2/c1-28-13-10-18(14-24(28)30)20-9-11-26-15-22(20)25(31)29(19-6-7-19)16-23-21-5-3-2-4-17(21)8-12-27-23/h2-5,8,10,12-14,19-20,22,26H,6-7,9,11,15-16H2,1H3/t20-,22+/m0/s1. The topological polar surface area (TPSA) is 67.2 Å². The van der Waals surface area contributed by atoms with Crippen LogP contribution in [0.1, 0.15) is 36.4 Å². The number of carbonyl (C=O) groups is 1. The fourth-order valence-corrected chi connectivity index (χ4v) is 4.77. The molecule has 2 atom stereocenters. The van der Waals surface area contributed by atoms with E-state index in [9.17, 15) is 9.59 Å². The van der Waals surface area contributed by atoms with E-state index in [-0.39, 0.29) is 23.3 Å². The molecule has 31 heavy (non-hydrogen) atoms.